The Hall–Kier alpha value is -0.870. The van der Waals surface area contributed by atoms with Crippen molar-refractivity contribution in [1.29, 1.82) is 0 Å². The van der Waals surface area contributed by atoms with Crippen molar-refractivity contribution in [3.63, 3.8) is 0 Å². The molecule has 0 atom stereocenters. The Morgan fingerprint density at radius 2 is 2.10 bits per heavy atom. The maximum absolute atomic E-state index is 12.2. The van der Waals surface area contributed by atoms with Crippen LogP contribution in [-0.4, -0.2) is 28.6 Å². The summed E-state index contributed by atoms with van der Waals surface area (Å²) in [5, 5.41) is 13.2. The van der Waals surface area contributed by atoms with Crippen LogP contribution in [0.5, 0.6) is 5.75 Å². The number of hydrogen-bond donors (Lipinski definition) is 2. The van der Waals surface area contributed by atoms with Crippen LogP contribution in [0.4, 0.5) is 0 Å². The molecule has 1 aliphatic carbocycles. The minimum atomic E-state index is -0.238. The van der Waals surface area contributed by atoms with E-state index in [0.29, 0.717) is 11.6 Å². The van der Waals surface area contributed by atoms with E-state index in [1.165, 1.54) is 25.3 Å². The number of benzene rings is 1. The molecule has 1 amide bonds. The summed E-state index contributed by atoms with van der Waals surface area (Å²) in [5.74, 6) is -0.310. The van der Waals surface area contributed by atoms with Gasteiger partial charge < -0.3 is 10.4 Å². The van der Waals surface area contributed by atoms with Gasteiger partial charge in [-0.3, -0.25) is 4.79 Å². The number of halogens is 1. The molecule has 0 radical (unpaired) electrons. The largest absolute Gasteiger partial charge is 0.507 e. The van der Waals surface area contributed by atoms with Crippen LogP contribution in [0.3, 0.4) is 0 Å². The Kier molecular flexibility index (Phi) is 5.22. The molecule has 0 aliphatic heterocycles. The van der Waals surface area contributed by atoms with Gasteiger partial charge in [0.25, 0.3) is 5.91 Å². The summed E-state index contributed by atoms with van der Waals surface area (Å²) in [6.07, 6.45) is 8.12. The average molecular weight is 314 g/mol. The summed E-state index contributed by atoms with van der Waals surface area (Å²) in [6, 6.07) is 4.56. The second kappa shape index (κ2) is 6.72. The van der Waals surface area contributed by atoms with Crippen molar-refractivity contribution >= 4 is 29.3 Å². The number of phenolic OH excluding ortho intramolecular Hbond substituents is 1. The smallest absolute Gasteiger partial charge is 0.255 e. The predicted octanol–water partition coefficient (Wildman–Crippen LogP) is 3.84. The molecular formula is C15H20ClNO2S. The Morgan fingerprint density at radius 1 is 1.40 bits per heavy atom. The Labute approximate surface area is 129 Å². The standard InChI is InChI=1S/C15H20ClNO2S/c1-20-15(7-3-2-4-8-15)10-17-14(19)12-6-5-11(16)9-13(12)18/h5-6,9,18H,2-4,7-8,10H2,1H3,(H,17,19). The lowest BCUT2D eigenvalue weighted by Crippen LogP contribution is -2.41. The van der Waals surface area contributed by atoms with Gasteiger partial charge in [-0.05, 0) is 37.3 Å². The third-order valence-corrected chi connectivity index (χ3v) is 5.63. The molecule has 1 aromatic carbocycles. The quantitative estimate of drug-likeness (QED) is 0.888. The fourth-order valence-electron chi connectivity index (χ4n) is 2.68. The van der Waals surface area contributed by atoms with Crippen LogP contribution in [0, 0.1) is 0 Å². The molecule has 20 heavy (non-hydrogen) atoms. The summed E-state index contributed by atoms with van der Waals surface area (Å²) >= 11 is 7.61. The molecule has 0 saturated heterocycles. The fourth-order valence-corrected chi connectivity index (χ4v) is 3.76. The number of amides is 1. The predicted molar refractivity (Wildman–Crippen MR) is 84.8 cm³/mol. The van der Waals surface area contributed by atoms with Crippen molar-refractivity contribution in [1.82, 2.24) is 5.32 Å². The minimum absolute atomic E-state index is 0.0724. The molecule has 0 unspecified atom stereocenters. The Bertz CT molecular complexity index is 487. The lowest BCUT2D eigenvalue weighted by molar-refractivity contribution is 0.0944. The van der Waals surface area contributed by atoms with Crippen LogP contribution in [0.2, 0.25) is 5.02 Å². The molecule has 5 heteroatoms. The molecule has 1 aromatic rings. The Morgan fingerprint density at radius 3 is 2.70 bits per heavy atom. The molecule has 2 rings (SSSR count). The summed E-state index contributed by atoms with van der Waals surface area (Å²) in [6.45, 7) is 0.648. The molecule has 1 fully saturated rings. The zero-order valence-electron chi connectivity index (χ0n) is 11.6. The number of carbonyl (C=O) groups is 1. The molecule has 0 bridgehead atoms. The number of carbonyl (C=O) groups excluding carboxylic acids is 1. The molecule has 1 aliphatic rings. The van der Waals surface area contributed by atoms with E-state index >= 15 is 0 Å². The maximum atomic E-state index is 12.2. The first-order valence-electron chi connectivity index (χ1n) is 6.88. The van der Waals surface area contributed by atoms with Crippen LogP contribution in [0.15, 0.2) is 18.2 Å². The van der Waals surface area contributed by atoms with Crippen LogP contribution < -0.4 is 5.32 Å². The van der Waals surface area contributed by atoms with Gasteiger partial charge in [0.05, 0.1) is 5.56 Å². The van der Waals surface area contributed by atoms with Crippen molar-refractivity contribution in [2.24, 2.45) is 0 Å². The van der Waals surface area contributed by atoms with Crippen molar-refractivity contribution in [3.8, 4) is 5.75 Å². The van der Waals surface area contributed by atoms with Crippen molar-refractivity contribution in [2.75, 3.05) is 12.8 Å². The van der Waals surface area contributed by atoms with E-state index in [9.17, 15) is 9.90 Å². The average Bonchev–Trinajstić information content (AvgIpc) is 2.46. The first-order chi connectivity index (χ1) is 9.56. The number of nitrogens with one attached hydrogen (secondary N) is 1. The summed E-state index contributed by atoms with van der Waals surface area (Å²) < 4.78 is 0.149. The summed E-state index contributed by atoms with van der Waals surface area (Å²) in [5.41, 5.74) is 0.279. The van der Waals surface area contributed by atoms with Gasteiger partial charge in [0.2, 0.25) is 0 Å². The topological polar surface area (TPSA) is 49.3 Å². The highest BCUT2D eigenvalue weighted by atomic mass is 35.5. The molecule has 0 heterocycles. The highest BCUT2D eigenvalue weighted by Crippen LogP contribution is 2.38. The molecule has 2 N–H and O–H groups in total. The Balaban J connectivity index is 2.00. The van der Waals surface area contributed by atoms with E-state index in [-0.39, 0.29) is 22.0 Å². The molecular weight excluding hydrogens is 294 g/mol. The summed E-state index contributed by atoms with van der Waals surface area (Å²) in [7, 11) is 0. The van der Waals surface area contributed by atoms with Gasteiger partial charge in [-0.15, -0.1) is 0 Å². The van der Waals surface area contributed by atoms with Crippen LogP contribution in [0.1, 0.15) is 42.5 Å². The monoisotopic (exact) mass is 313 g/mol. The van der Waals surface area contributed by atoms with Gasteiger partial charge in [0, 0.05) is 16.3 Å². The van der Waals surface area contributed by atoms with Gasteiger partial charge in [-0.2, -0.15) is 11.8 Å². The normalized spacial score (nSPS) is 17.7. The van der Waals surface area contributed by atoms with Crippen molar-refractivity contribution < 1.29 is 9.90 Å². The SMILES string of the molecule is CSC1(CNC(=O)c2ccc(Cl)cc2O)CCCCC1. The lowest BCUT2D eigenvalue weighted by atomic mass is 9.88. The van der Waals surface area contributed by atoms with E-state index < -0.39 is 0 Å². The van der Waals surface area contributed by atoms with Gasteiger partial charge in [0.15, 0.2) is 0 Å². The van der Waals surface area contributed by atoms with Gasteiger partial charge >= 0.3 is 0 Å². The number of phenols is 1. The van der Waals surface area contributed by atoms with Crippen LogP contribution >= 0.6 is 23.4 Å². The molecule has 3 nitrogen and oxygen atoms in total. The first-order valence-corrected chi connectivity index (χ1v) is 8.48. The zero-order valence-corrected chi connectivity index (χ0v) is 13.2. The third-order valence-electron chi connectivity index (χ3n) is 3.97. The molecule has 0 aromatic heterocycles. The van der Waals surface area contributed by atoms with E-state index in [4.69, 9.17) is 11.6 Å². The minimum Gasteiger partial charge on any atom is -0.507 e. The highest BCUT2D eigenvalue weighted by molar-refractivity contribution is 8.00. The second-order valence-electron chi connectivity index (χ2n) is 5.29. The summed E-state index contributed by atoms with van der Waals surface area (Å²) in [4.78, 5) is 12.2. The highest BCUT2D eigenvalue weighted by Gasteiger charge is 2.31. The first kappa shape index (κ1) is 15.5. The number of thioether (sulfide) groups is 1. The van der Waals surface area contributed by atoms with E-state index in [1.54, 1.807) is 12.1 Å². The van der Waals surface area contributed by atoms with Gasteiger partial charge in [0.1, 0.15) is 5.75 Å². The van der Waals surface area contributed by atoms with Crippen molar-refractivity contribution in [3.05, 3.63) is 28.8 Å². The van der Waals surface area contributed by atoms with E-state index in [0.717, 1.165) is 12.8 Å². The van der Waals surface area contributed by atoms with Crippen molar-refractivity contribution in [2.45, 2.75) is 36.9 Å². The second-order valence-corrected chi connectivity index (χ2v) is 7.00. The third kappa shape index (κ3) is 3.61. The molecule has 110 valence electrons. The van der Waals surface area contributed by atoms with E-state index in [1.807, 2.05) is 11.8 Å². The number of hydrogen-bond acceptors (Lipinski definition) is 3. The number of aromatic hydroxyl groups is 1. The number of rotatable bonds is 4. The van der Waals surface area contributed by atoms with Crippen LogP contribution in [-0.2, 0) is 0 Å². The van der Waals surface area contributed by atoms with E-state index in [2.05, 4.69) is 11.6 Å². The van der Waals surface area contributed by atoms with Gasteiger partial charge in [-0.1, -0.05) is 30.9 Å². The lowest BCUT2D eigenvalue weighted by Gasteiger charge is -2.35. The van der Waals surface area contributed by atoms with Crippen LogP contribution in [0.25, 0.3) is 0 Å². The molecule has 0 spiro atoms. The fraction of sp³-hybridized carbons (Fsp3) is 0.533. The maximum Gasteiger partial charge on any atom is 0.255 e. The van der Waals surface area contributed by atoms with Gasteiger partial charge in [-0.25, -0.2) is 0 Å². The molecule has 1 saturated carbocycles. The zero-order chi connectivity index (χ0) is 14.6.